The second-order valence-electron chi connectivity index (χ2n) is 2.23. The van der Waals surface area contributed by atoms with Gasteiger partial charge in [-0.15, -0.1) is 0 Å². The molecular formula is C10H14INO2. The number of ether oxygens (including phenoxy) is 1. The van der Waals surface area contributed by atoms with Crippen LogP contribution < -0.4 is 5.73 Å². The third-order valence-corrected chi connectivity index (χ3v) is 2.36. The second-order valence-corrected chi connectivity index (χ2v) is 3.39. The average Bonchev–Trinajstić information content (AvgIpc) is 2.24. The zero-order chi connectivity index (χ0) is 11.1. The maximum Gasteiger partial charge on any atom is 0.337 e. The molecule has 3 nitrogen and oxygen atoms in total. The highest BCUT2D eigenvalue weighted by Gasteiger charge is 2.05. The largest absolute Gasteiger partial charge is 0.465 e. The highest BCUT2D eigenvalue weighted by atomic mass is 127. The van der Waals surface area contributed by atoms with Gasteiger partial charge in [-0.1, -0.05) is 13.8 Å². The normalized spacial score (nSPS) is 8.57. The number of methoxy groups -OCH3 is 1. The van der Waals surface area contributed by atoms with Crippen LogP contribution in [0.2, 0.25) is 0 Å². The SMILES string of the molecule is CC.COC(=O)c1ccc(N)c(I)c1. The summed E-state index contributed by atoms with van der Waals surface area (Å²) in [6.07, 6.45) is 0. The molecule has 1 rings (SSSR count). The number of rotatable bonds is 1. The van der Waals surface area contributed by atoms with Crippen molar-refractivity contribution < 1.29 is 9.53 Å². The summed E-state index contributed by atoms with van der Waals surface area (Å²) in [6.45, 7) is 4.00. The van der Waals surface area contributed by atoms with Gasteiger partial charge in [0.1, 0.15) is 0 Å². The Labute approximate surface area is 97.8 Å². The van der Waals surface area contributed by atoms with Crippen molar-refractivity contribution >= 4 is 34.2 Å². The molecule has 0 saturated heterocycles. The summed E-state index contributed by atoms with van der Waals surface area (Å²) in [7, 11) is 1.35. The molecule has 1 aromatic carbocycles. The number of hydrogen-bond donors (Lipinski definition) is 1. The number of halogens is 1. The van der Waals surface area contributed by atoms with Crippen molar-refractivity contribution in [2.24, 2.45) is 0 Å². The van der Waals surface area contributed by atoms with Gasteiger partial charge in [0.25, 0.3) is 0 Å². The van der Waals surface area contributed by atoms with E-state index in [-0.39, 0.29) is 5.97 Å². The molecule has 0 amide bonds. The highest BCUT2D eigenvalue weighted by Crippen LogP contribution is 2.16. The zero-order valence-electron chi connectivity index (χ0n) is 8.50. The van der Waals surface area contributed by atoms with Crippen molar-refractivity contribution in [2.45, 2.75) is 13.8 Å². The Balaban J connectivity index is 0.000000791. The number of benzene rings is 1. The van der Waals surface area contributed by atoms with Crippen LogP contribution in [0.3, 0.4) is 0 Å². The molecule has 14 heavy (non-hydrogen) atoms. The smallest absolute Gasteiger partial charge is 0.337 e. The number of nitrogens with two attached hydrogens (primary N) is 1. The first-order valence-electron chi connectivity index (χ1n) is 4.28. The Morgan fingerprint density at radius 2 is 2.00 bits per heavy atom. The van der Waals surface area contributed by atoms with Gasteiger partial charge in [0.2, 0.25) is 0 Å². The van der Waals surface area contributed by atoms with E-state index in [9.17, 15) is 4.79 Å². The standard InChI is InChI=1S/C8H8INO2.C2H6/c1-12-8(11)5-2-3-7(10)6(9)4-5;1-2/h2-4H,10H2,1H3;1-2H3. The predicted molar refractivity (Wildman–Crippen MR) is 66.3 cm³/mol. The summed E-state index contributed by atoms with van der Waals surface area (Å²) >= 11 is 2.07. The number of carbonyl (C=O) groups is 1. The fraction of sp³-hybridized carbons (Fsp3) is 0.300. The molecule has 0 radical (unpaired) electrons. The second kappa shape index (κ2) is 6.64. The molecule has 0 saturated carbocycles. The monoisotopic (exact) mass is 307 g/mol. The van der Waals surface area contributed by atoms with Crippen LogP contribution in [0.5, 0.6) is 0 Å². The molecule has 0 unspecified atom stereocenters. The Hall–Kier alpha value is -0.780. The van der Waals surface area contributed by atoms with Crippen LogP contribution in [0.1, 0.15) is 24.2 Å². The van der Waals surface area contributed by atoms with Gasteiger partial charge in [0, 0.05) is 9.26 Å². The lowest BCUT2D eigenvalue weighted by Gasteiger charge is -2.01. The van der Waals surface area contributed by atoms with Crippen molar-refractivity contribution in [1.29, 1.82) is 0 Å². The van der Waals surface area contributed by atoms with Gasteiger partial charge in [-0.05, 0) is 40.8 Å². The molecule has 0 aromatic heterocycles. The van der Waals surface area contributed by atoms with Gasteiger partial charge >= 0.3 is 5.97 Å². The molecular weight excluding hydrogens is 293 g/mol. The van der Waals surface area contributed by atoms with Crippen LogP contribution in [0.15, 0.2) is 18.2 Å². The Morgan fingerprint density at radius 3 is 2.43 bits per heavy atom. The molecule has 0 atom stereocenters. The van der Waals surface area contributed by atoms with Gasteiger partial charge in [0.05, 0.1) is 12.7 Å². The summed E-state index contributed by atoms with van der Waals surface area (Å²) < 4.78 is 5.40. The van der Waals surface area contributed by atoms with Gasteiger partial charge in [-0.25, -0.2) is 4.79 Å². The number of nitrogen functional groups attached to an aromatic ring is 1. The van der Waals surface area contributed by atoms with Crippen LogP contribution in [-0.4, -0.2) is 13.1 Å². The molecule has 0 bridgehead atoms. The molecule has 0 spiro atoms. The maximum atomic E-state index is 11.0. The van der Waals surface area contributed by atoms with E-state index in [1.807, 2.05) is 13.8 Å². The Morgan fingerprint density at radius 1 is 1.43 bits per heavy atom. The fourth-order valence-corrected chi connectivity index (χ4v) is 1.29. The van der Waals surface area contributed by atoms with Crippen LogP contribution in [0, 0.1) is 3.57 Å². The minimum atomic E-state index is -0.340. The van der Waals surface area contributed by atoms with E-state index in [1.165, 1.54) is 7.11 Å². The Kier molecular flexibility index (Phi) is 6.27. The van der Waals surface area contributed by atoms with Crippen LogP contribution in [0.4, 0.5) is 5.69 Å². The molecule has 1 aromatic rings. The number of carbonyl (C=O) groups excluding carboxylic acids is 1. The van der Waals surface area contributed by atoms with Crippen molar-refractivity contribution in [2.75, 3.05) is 12.8 Å². The lowest BCUT2D eigenvalue weighted by atomic mass is 10.2. The zero-order valence-corrected chi connectivity index (χ0v) is 10.7. The van der Waals surface area contributed by atoms with E-state index >= 15 is 0 Å². The Bertz CT molecular complexity index is 313. The van der Waals surface area contributed by atoms with Crippen LogP contribution in [0.25, 0.3) is 0 Å². The minimum absolute atomic E-state index is 0.340. The van der Waals surface area contributed by atoms with E-state index in [0.717, 1.165) is 3.57 Å². The fourth-order valence-electron chi connectivity index (χ4n) is 0.772. The van der Waals surface area contributed by atoms with E-state index in [4.69, 9.17) is 5.73 Å². The third kappa shape index (κ3) is 3.53. The summed E-state index contributed by atoms with van der Waals surface area (Å²) in [4.78, 5) is 11.0. The summed E-state index contributed by atoms with van der Waals surface area (Å²) in [6, 6.07) is 5.03. The number of esters is 1. The molecule has 78 valence electrons. The van der Waals surface area contributed by atoms with E-state index < -0.39 is 0 Å². The van der Waals surface area contributed by atoms with Gasteiger partial charge in [-0.2, -0.15) is 0 Å². The lowest BCUT2D eigenvalue weighted by Crippen LogP contribution is -2.02. The molecule has 0 heterocycles. The van der Waals surface area contributed by atoms with E-state index in [1.54, 1.807) is 18.2 Å². The highest BCUT2D eigenvalue weighted by molar-refractivity contribution is 14.1. The molecule has 0 aliphatic heterocycles. The van der Waals surface area contributed by atoms with Crippen molar-refractivity contribution in [3.63, 3.8) is 0 Å². The molecule has 0 aliphatic rings. The first-order valence-corrected chi connectivity index (χ1v) is 5.36. The van der Waals surface area contributed by atoms with Crippen LogP contribution >= 0.6 is 22.6 Å². The molecule has 0 aliphatic carbocycles. The maximum absolute atomic E-state index is 11.0. The first-order chi connectivity index (χ1) is 6.65. The topological polar surface area (TPSA) is 52.3 Å². The third-order valence-electron chi connectivity index (χ3n) is 1.42. The van der Waals surface area contributed by atoms with Crippen molar-refractivity contribution in [3.8, 4) is 0 Å². The molecule has 0 fully saturated rings. The van der Waals surface area contributed by atoms with Crippen molar-refractivity contribution in [3.05, 3.63) is 27.3 Å². The molecule has 2 N–H and O–H groups in total. The summed E-state index contributed by atoms with van der Waals surface area (Å²) in [5.74, 6) is -0.340. The summed E-state index contributed by atoms with van der Waals surface area (Å²) in [5, 5.41) is 0. The van der Waals surface area contributed by atoms with Gasteiger partial charge < -0.3 is 10.5 Å². The number of anilines is 1. The summed E-state index contributed by atoms with van der Waals surface area (Å²) in [5.41, 5.74) is 6.76. The number of hydrogen-bond acceptors (Lipinski definition) is 3. The van der Waals surface area contributed by atoms with Crippen molar-refractivity contribution in [1.82, 2.24) is 0 Å². The predicted octanol–water partition coefficient (Wildman–Crippen LogP) is 2.69. The van der Waals surface area contributed by atoms with E-state index in [2.05, 4.69) is 27.3 Å². The van der Waals surface area contributed by atoms with Gasteiger partial charge in [0.15, 0.2) is 0 Å². The van der Waals surface area contributed by atoms with E-state index in [0.29, 0.717) is 11.3 Å². The van der Waals surface area contributed by atoms with Crippen LogP contribution in [-0.2, 0) is 4.74 Å². The quantitative estimate of drug-likeness (QED) is 0.493. The lowest BCUT2D eigenvalue weighted by molar-refractivity contribution is 0.0600. The first kappa shape index (κ1) is 13.2. The average molecular weight is 307 g/mol. The minimum Gasteiger partial charge on any atom is -0.465 e. The van der Waals surface area contributed by atoms with Gasteiger partial charge in [-0.3, -0.25) is 0 Å². The molecule has 4 heteroatoms.